The predicted molar refractivity (Wildman–Crippen MR) is 207 cm³/mol. The molecule has 0 amide bonds. The van der Waals surface area contributed by atoms with Gasteiger partial charge >= 0.3 is 115 Å². The molecule has 0 spiro atoms. The van der Waals surface area contributed by atoms with Crippen molar-refractivity contribution in [3.05, 3.63) is 86.8 Å². The number of hydrogen-bond donors (Lipinski definition) is 1. The molecule has 0 atom stereocenters. The number of esters is 2. The molecule has 0 saturated carbocycles. The number of H-pyrrole nitrogens is 1. The molecular weight excluding hydrogens is 857 g/mol. The number of hydrogen-bond acceptors (Lipinski definition) is 13. The van der Waals surface area contributed by atoms with Gasteiger partial charge in [0, 0.05) is 12.4 Å². The van der Waals surface area contributed by atoms with E-state index in [1.165, 1.54) is 12.1 Å². The van der Waals surface area contributed by atoms with Crippen LogP contribution in [0.5, 0.6) is 0 Å². The van der Waals surface area contributed by atoms with E-state index in [1.807, 2.05) is 53.7 Å². The Hall–Kier alpha value is -0.847. The minimum Gasteiger partial charge on any atom is -1.00 e. The van der Waals surface area contributed by atoms with Gasteiger partial charge < -0.3 is 30.5 Å². The second-order valence-corrected chi connectivity index (χ2v) is 16.4. The summed E-state index contributed by atoms with van der Waals surface area (Å²) in [4.78, 5) is 43.0. The van der Waals surface area contributed by atoms with Gasteiger partial charge in [-0.3, -0.25) is 9.89 Å². The van der Waals surface area contributed by atoms with Crippen LogP contribution < -0.4 is 108 Å². The number of nitrogens with one attached hydrogen (secondary N) is 1. The standard InChI is InChI=1S/C18H24ClN3O3.C10H11Cl2NO2.C8H14N2O.CH2O3.2K.H/c1-17(2,3)24-11-12-9-10-22(21-12)14-8-7-13(15(19)20-14)16(23)25-18(4,5)6;1-10(2,3)15-9(14)6-4-5-7(11)13-8(6)12;1-8(2,3)11-6-7-4-5-9-10-7;2-1-4-3;;;/h7-10H,11H2,1-6H3;4-5H,1-3H3;4-5H,6H2,1-3H3,(H,9,10);1,3H;;;/q;;;;2*+1;-1/p-1. The molecule has 0 aromatic carbocycles. The SMILES string of the molecule is CC(C)(C)OC(=O)c1ccc(Cl)nc1Cl.CC(C)(C)OCc1ccn(-c2ccc(C(=O)OC(C)(C)C)c(Cl)n2)n1.CC(C)(C)OCc1ccn[nH]1.O=CO[O-].[H-].[K+].[K+]. The number of halogens is 3. The third kappa shape index (κ3) is 26.9. The molecule has 20 heteroatoms. The van der Waals surface area contributed by atoms with Crippen molar-refractivity contribution in [3.8, 4) is 5.82 Å². The van der Waals surface area contributed by atoms with E-state index in [4.69, 9.17) is 63.8 Å². The van der Waals surface area contributed by atoms with Crippen LogP contribution in [0.3, 0.4) is 0 Å². The van der Waals surface area contributed by atoms with Gasteiger partial charge in [-0.1, -0.05) is 34.8 Å². The molecule has 1 N–H and O–H groups in total. The van der Waals surface area contributed by atoms with Crippen LogP contribution in [0.1, 0.15) is 117 Å². The maximum absolute atomic E-state index is 12.1. The summed E-state index contributed by atoms with van der Waals surface area (Å²) in [5.41, 5.74) is 0.776. The van der Waals surface area contributed by atoms with Crippen molar-refractivity contribution in [1.82, 2.24) is 29.9 Å². The van der Waals surface area contributed by atoms with Crippen LogP contribution in [-0.4, -0.2) is 70.8 Å². The first-order valence-electron chi connectivity index (χ1n) is 16.7. The summed E-state index contributed by atoms with van der Waals surface area (Å²) in [6.45, 7) is 23.6. The smallest absolute Gasteiger partial charge is 1.00 e. The maximum atomic E-state index is 12.1. The molecule has 0 unspecified atom stereocenters. The van der Waals surface area contributed by atoms with E-state index in [1.54, 1.807) is 70.8 Å². The number of aromatic nitrogens is 6. The zero-order valence-corrected chi connectivity index (χ0v) is 43.7. The largest absolute Gasteiger partial charge is 1.00 e. The maximum Gasteiger partial charge on any atom is 1.00 e. The zero-order valence-electron chi connectivity index (χ0n) is 36.2. The fraction of sp³-hybridized carbons (Fsp3) is 0.486. The third-order valence-corrected chi connectivity index (χ3v) is 6.46. The van der Waals surface area contributed by atoms with E-state index in [9.17, 15) is 9.59 Å². The monoisotopic (exact) mass is 906 g/mol. The Balaban J connectivity index is -0.000000784. The van der Waals surface area contributed by atoms with Crippen LogP contribution in [0.4, 0.5) is 0 Å². The number of rotatable bonds is 8. The van der Waals surface area contributed by atoms with Crippen LogP contribution in [0, 0.1) is 0 Å². The molecule has 0 fully saturated rings. The molecule has 0 bridgehead atoms. The molecule has 4 aromatic rings. The molecule has 15 nitrogen and oxygen atoms in total. The van der Waals surface area contributed by atoms with Crippen molar-refractivity contribution < 1.29 is 148 Å². The number of carbonyl (C=O) groups is 3. The molecular formula is C37H51Cl3K2N6O9. The number of ether oxygens (including phenoxy) is 4. The fourth-order valence-electron chi connectivity index (χ4n) is 3.45. The number of pyridine rings is 2. The van der Waals surface area contributed by atoms with E-state index in [2.05, 4.69) is 30.2 Å². The van der Waals surface area contributed by atoms with Gasteiger partial charge in [0.2, 0.25) is 0 Å². The molecule has 4 rings (SSSR count). The molecule has 0 aliphatic heterocycles. The second-order valence-electron chi connectivity index (χ2n) is 15.3. The summed E-state index contributed by atoms with van der Waals surface area (Å²) >= 11 is 17.5. The van der Waals surface area contributed by atoms with E-state index in [-0.39, 0.29) is 148 Å². The van der Waals surface area contributed by atoms with Crippen molar-refractivity contribution in [3.63, 3.8) is 0 Å². The zero-order chi connectivity index (χ0) is 42.2. The van der Waals surface area contributed by atoms with Crippen molar-refractivity contribution in [2.24, 2.45) is 0 Å². The summed E-state index contributed by atoms with van der Waals surface area (Å²) in [7, 11) is 0. The van der Waals surface area contributed by atoms with Gasteiger partial charge in [0.15, 0.2) is 5.82 Å². The Morgan fingerprint density at radius 2 is 1.21 bits per heavy atom. The van der Waals surface area contributed by atoms with Crippen molar-refractivity contribution >= 4 is 53.2 Å². The van der Waals surface area contributed by atoms with E-state index in [0.717, 1.165) is 11.4 Å². The van der Waals surface area contributed by atoms with Gasteiger partial charge in [-0.2, -0.15) is 10.2 Å². The molecule has 4 aromatic heterocycles. The Kier molecular flexibility index (Phi) is 27.8. The first-order valence-corrected chi connectivity index (χ1v) is 17.9. The van der Waals surface area contributed by atoms with Gasteiger partial charge in [-0.05, 0) is 119 Å². The number of aromatic amines is 1. The summed E-state index contributed by atoms with van der Waals surface area (Å²) in [5, 5.41) is 19.9. The fourth-order valence-corrected chi connectivity index (χ4v) is 4.10. The molecule has 0 radical (unpaired) electrons. The van der Waals surface area contributed by atoms with E-state index >= 15 is 0 Å². The Labute approximate surface area is 436 Å². The molecule has 0 aliphatic rings. The van der Waals surface area contributed by atoms with Gasteiger partial charge in [-0.15, -0.1) is 0 Å². The topological polar surface area (TPSA) is 193 Å². The van der Waals surface area contributed by atoms with Gasteiger partial charge in [-0.25, -0.2) is 24.2 Å². The van der Waals surface area contributed by atoms with Gasteiger partial charge in [0.05, 0.1) is 46.9 Å². The Bertz CT molecular complexity index is 1810. The molecule has 0 aliphatic carbocycles. The van der Waals surface area contributed by atoms with Crippen LogP contribution >= 0.6 is 34.8 Å². The first kappa shape index (κ1) is 58.2. The minimum atomic E-state index is -0.594. The quantitative estimate of drug-likeness (QED) is 0.0673. The third-order valence-electron chi connectivity index (χ3n) is 5.68. The van der Waals surface area contributed by atoms with E-state index in [0.29, 0.717) is 19.0 Å². The Morgan fingerprint density at radius 1 is 0.737 bits per heavy atom. The van der Waals surface area contributed by atoms with Gasteiger partial charge in [0.1, 0.15) is 26.7 Å². The second kappa shape index (κ2) is 27.2. The summed E-state index contributed by atoms with van der Waals surface area (Å²) < 4.78 is 23.2. The average Bonchev–Trinajstić information content (AvgIpc) is 3.74. The molecule has 0 saturated heterocycles. The van der Waals surface area contributed by atoms with Crippen LogP contribution in [0.15, 0.2) is 48.8 Å². The van der Waals surface area contributed by atoms with Crippen molar-refractivity contribution in [2.75, 3.05) is 0 Å². The number of carbonyl (C=O) groups excluding carboxylic acids is 3. The Morgan fingerprint density at radius 3 is 1.61 bits per heavy atom. The molecule has 306 valence electrons. The molecule has 4 heterocycles. The minimum absolute atomic E-state index is 0. The molecule has 57 heavy (non-hydrogen) atoms. The average molecular weight is 908 g/mol. The van der Waals surface area contributed by atoms with Crippen molar-refractivity contribution in [1.29, 1.82) is 0 Å². The summed E-state index contributed by atoms with van der Waals surface area (Å²) in [5.74, 6) is -0.493. The van der Waals surface area contributed by atoms with Crippen LogP contribution in [0.2, 0.25) is 15.5 Å². The van der Waals surface area contributed by atoms with E-state index < -0.39 is 23.1 Å². The van der Waals surface area contributed by atoms with Crippen LogP contribution in [-0.2, 0) is 41.8 Å². The van der Waals surface area contributed by atoms with Crippen molar-refractivity contribution in [2.45, 2.75) is 119 Å². The summed E-state index contributed by atoms with van der Waals surface area (Å²) in [6.07, 6.45) is 3.49. The first-order chi connectivity index (χ1) is 25.2. The summed E-state index contributed by atoms with van der Waals surface area (Å²) in [6, 6.07) is 10.0. The van der Waals surface area contributed by atoms with Crippen LogP contribution in [0.25, 0.3) is 5.82 Å². The van der Waals surface area contributed by atoms with Gasteiger partial charge in [0.25, 0.3) is 6.47 Å². The predicted octanol–water partition coefficient (Wildman–Crippen LogP) is 1.81. The number of nitrogens with zero attached hydrogens (tertiary/aromatic N) is 5. The normalized spacial score (nSPS) is 11.0.